The summed E-state index contributed by atoms with van der Waals surface area (Å²) in [6.07, 6.45) is 1.29. The van der Waals surface area contributed by atoms with Crippen LogP contribution in [0.4, 0.5) is 5.69 Å². The van der Waals surface area contributed by atoms with Crippen molar-refractivity contribution >= 4 is 21.7 Å². The van der Waals surface area contributed by atoms with Gasteiger partial charge in [0.05, 0.1) is 12.0 Å². The van der Waals surface area contributed by atoms with Crippen molar-refractivity contribution in [1.29, 1.82) is 5.26 Å². The van der Waals surface area contributed by atoms with Crippen LogP contribution in [0.3, 0.4) is 0 Å². The second kappa shape index (κ2) is 8.84. The average Bonchev–Trinajstić information content (AvgIpc) is 2.65. The van der Waals surface area contributed by atoms with Gasteiger partial charge in [0.2, 0.25) is 0 Å². The highest BCUT2D eigenvalue weighted by Gasteiger charge is 2.12. The summed E-state index contributed by atoms with van der Waals surface area (Å²) in [5.41, 5.74) is 0.969. The number of anilines is 1. The van der Waals surface area contributed by atoms with E-state index >= 15 is 0 Å². The Morgan fingerprint density at radius 3 is 2.48 bits per heavy atom. The number of nitrogens with zero attached hydrogens (tertiary/aromatic N) is 1. The number of hydrogen-bond acceptors (Lipinski definition) is 6. The number of carbonyl (C=O) groups excluding carboxylic acids is 1. The molecule has 0 spiro atoms. The number of rotatable bonds is 7. The third kappa shape index (κ3) is 5.57. The number of nitriles is 1. The van der Waals surface area contributed by atoms with Gasteiger partial charge in [-0.05, 0) is 30.3 Å². The third-order valence-corrected chi connectivity index (χ3v) is 4.37. The van der Waals surface area contributed by atoms with Crippen LogP contribution in [0.5, 0.6) is 5.75 Å². The molecule has 0 fully saturated rings. The van der Waals surface area contributed by atoms with Gasteiger partial charge < -0.3 is 15.4 Å². The van der Waals surface area contributed by atoms with E-state index in [1.807, 2.05) is 18.2 Å². The van der Waals surface area contributed by atoms with Crippen LogP contribution in [0, 0.1) is 11.3 Å². The Bertz CT molecular complexity index is 992. The highest BCUT2D eigenvalue weighted by Crippen LogP contribution is 2.17. The van der Waals surface area contributed by atoms with E-state index < -0.39 is 16.0 Å². The van der Waals surface area contributed by atoms with Crippen molar-refractivity contribution in [2.75, 3.05) is 12.4 Å². The molecule has 0 aliphatic rings. The van der Waals surface area contributed by atoms with Gasteiger partial charge in [-0.2, -0.15) is 13.7 Å². The van der Waals surface area contributed by atoms with Crippen LogP contribution in [0.15, 0.2) is 65.2 Å². The summed E-state index contributed by atoms with van der Waals surface area (Å²) in [6, 6.07) is 14.0. The molecule has 2 aromatic rings. The molecule has 0 radical (unpaired) electrons. The molecular formula is C18H17N3O5S. The molecule has 0 saturated heterocycles. The molecule has 2 aromatic carbocycles. The van der Waals surface area contributed by atoms with Gasteiger partial charge in [0.1, 0.15) is 17.4 Å². The van der Waals surface area contributed by atoms with Gasteiger partial charge in [0, 0.05) is 24.0 Å². The maximum atomic E-state index is 12.2. The molecule has 8 nitrogen and oxygen atoms in total. The first-order chi connectivity index (χ1) is 12.8. The number of nitrogens with one attached hydrogen (secondary N) is 2. The lowest BCUT2D eigenvalue weighted by Crippen LogP contribution is -2.16. The van der Waals surface area contributed by atoms with E-state index in [2.05, 4.69) is 10.6 Å². The highest BCUT2D eigenvalue weighted by atomic mass is 32.2. The summed E-state index contributed by atoms with van der Waals surface area (Å²) in [4.78, 5) is 11.9. The molecular weight excluding hydrogens is 370 g/mol. The largest absolute Gasteiger partial charge is 0.496 e. The van der Waals surface area contributed by atoms with E-state index in [0.29, 0.717) is 12.3 Å². The van der Waals surface area contributed by atoms with Crippen molar-refractivity contribution in [3.8, 4) is 11.8 Å². The smallest absolute Gasteiger partial charge is 0.294 e. The van der Waals surface area contributed by atoms with E-state index in [4.69, 9.17) is 14.6 Å². The molecule has 0 bridgehead atoms. The van der Waals surface area contributed by atoms with Crippen molar-refractivity contribution in [2.45, 2.75) is 11.4 Å². The maximum Gasteiger partial charge on any atom is 0.294 e. The predicted octanol–water partition coefficient (Wildman–Crippen LogP) is 2.08. The zero-order valence-corrected chi connectivity index (χ0v) is 15.2. The SMILES string of the molecule is COc1ccccc1CN/C=C(/C#N)C(=O)Nc1ccc(S(=O)(=O)O)cc1. The van der Waals surface area contributed by atoms with Crippen LogP contribution in [0.1, 0.15) is 5.56 Å². The van der Waals surface area contributed by atoms with Gasteiger partial charge in [-0.15, -0.1) is 0 Å². The zero-order chi connectivity index (χ0) is 19.9. The van der Waals surface area contributed by atoms with Crippen LogP contribution in [-0.4, -0.2) is 26.0 Å². The molecule has 0 atom stereocenters. The van der Waals surface area contributed by atoms with Gasteiger partial charge >= 0.3 is 0 Å². The molecule has 0 aliphatic carbocycles. The lowest BCUT2D eigenvalue weighted by atomic mass is 10.2. The Morgan fingerprint density at radius 1 is 1.22 bits per heavy atom. The number of carbonyl (C=O) groups is 1. The monoisotopic (exact) mass is 387 g/mol. The molecule has 0 heterocycles. The number of hydrogen-bond donors (Lipinski definition) is 3. The fraction of sp³-hybridized carbons (Fsp3) is 0.111. The lowest BCUT2D eigenvalue weighted by molar-refractivity contribution is -0.112. The van der Waals surface area contributed by atoms with E-state index in [9.17, 15) is 13.2 Å². The first-order valence-corrected chi connectivity index (χ1v) is 9.13. The summed E-state index contributed by atoms with van der Waals surface area (Å²) < 4.78 is 36.2. The van der Waals surface area contributed by atoms with E-state index in [1.54, 1.807) is 19.2 Å². The maximum absolute atomic E-state index is 12.2. The Balaban J connectivity index is 2.03. The fourth-order valence-electron chi connectivity index (χ4n) is 2.17. The zero-order valence-electron chi connectivity index (χ0n) is 14.3. The molecule has 0 unspecified atom stereocenters. The second-order valence-electron chi connectivity index (χ2n) is 5.32. The number of amides is 1. The number of para-hydroxylation sites is 1. The summed E-state index contributed by atoms with van der Waals surface area (Å²) >= 11 is 0. The van der Waals surface area contributed by atoms with Crippen LogP contribution >= 0.6 is 0 Å². The van der Waals surface area contributed by atoms with Crippen molar-refractivity contribution < 1.29 is 22.5 Å². The van der Waals surface area contributed by atoms with Crippen LogP contribution in [-0.2, 0) is 21.5 Å². The number of benzene rings is 2. The summed E-state index contributed by atoms with van der Waals surface area (Å²) in [5.74, 6) is 0.0184. The van der Waals surface area contributed by atoms with Crippen molar-refractivity contribution in [1.82, 2.24) is 5.32 Å². The number of ether oxygens (including phenoxy) is 1. The van der Waals surface area contributed by atoms with E-state index in [1.165, 1.54) is 18.3 Å². The Hall–Kier alpha value is -3.35. The third-order valence-electron chi connectivity index (χ3n) is 3.51. The fourth-order valence-corrected chi connectivity index (χ4v) is 2.65. The minimum atomic E-state index is -4.31. The van der Waals surface area contributed by atoms with Gasteiger partial charge in [-0.25, -0.2) is 0 Å². The molecule has 0 aliphatic heterocycles. The van der Waals surface area contributed by atoms with Crippen molar-refractivity contribution in [2.24, 2.45) is 0 Å². The van der Waals surface area contributed by atoms with Crippen LogP contribution in [0.25, 0.3) is 0 Å². The standard InChI is InChI=1S/C18H17N3O5S/c1-26-17-5-3-2-4-13(17)11-20-12-14(10-19)18(22)21-15-6-8-16(9-7-15)27(23,24)25/h2-9,12,20H,11H2,1H3,(H,21,22)(H,23,24,25)/b14-12-. The molecule has 2 rings (SSSR count). The topological polar surface area (TPSA) is 129 Å². The summed E-state index contributed by atoms with van der Waals surface area (Å²) in [5, 5.41) is 14.5. The predicted molar refractivity (Wildman–Crippen MR) is 98.4 cm³/mol. The number of methoxy groups -OCH3 is 1. The second-order valence-corrected chi connectivity index (χ2v) is 6.74. The lowest BCUT2D eigenvalue weighted by Gasteiger charge is -2.08. The van der Waals surface area contributed by atoms with Crippen molar-refractivity contribution in [3.63, 3.8) is 0 Å². The average molecular weight is 387 g/mol. The Morgan fingerprint density at radius 2 is 1.89 bits per heavy atom. The molecule has 9 heteroatoms. The quantitative estimate of drug-likeness (QED) is 0.377. The van der Waals surface area contributed by atoms with Crippen LogP contribution < -0.4 is 15.4 Å². The molecule has 27 heavy (non-hydrogen) atoms. The summed E-state index contributed by atoms with van der Waals surface area (Å²) in [7, 11) is -2.76. The normalized spacial score (nSPS) is 11.4. The van der Waals surface area contributed by atoms with Gasteiger partial charge in [0.25, 0.3) is 16.0 Å². The molecule has 0 aromatic heterocycles. The summed E-state index contributed by atoms with van der Waals surface area (Å²) in [6.45, 7) is 0.353. The minimum absolute atomic E-state index is 0.163. The molecule has 3 N–H and O–H groups in total. The van der Waals surface area contributed by atoms with Crippen LogP contribution in [0.2, 0.25) is 0 Å². The highest BCUT2D eigenvalue weighted by molar-refractivity contribution is 7.85. The van der Waals surface area contributed by atoms with Gasteiger partial charge in [-0.3, -0.25) is 9.35 Å². The van der Waals surface area contributed by atoms with Crippen molar-refractivity contribution in [3.05, 3.63) is 65.9 Å². The van der Waals surface area contributed by atoms with Gasteiger partial charge in [0.15, 0.2) is 0 Å². The Labute approximate surface area is 156 Å². The van der Waals surface area contributed by atoms with E-state index in [-0.39, 0.29) is 16.2 Å². The minimum Gasteiger partial charge on any atom is -0.496 e. The molecule has 1 amide bonds. The molecule has 0 saturated carbocycles. The first kappa shape index (κ1) is 20.0. The Kier molecular flexibility index (Phi) is 6.54. The first-order valence-electron chi connectivity index (χ1n) is 7.69. The van der Waals surface area contributed by atoms with E-state index in [0.717, 1.165) is 17.7 Å². The van der Waals surface area contributed by atoms with Gasteiger partial charge in [-0.1, -0.05) is 18.2 Å². The molecule has 140 valence electrons.